The normalized spacial score (nSPS) is 10.7. The van der Waals surface area contributed by atoms with Gasteiger partial charge in [0, 0.05) is 6.07 Å². The van der Waals surface area contributed by atoms with Gasteiger partial charge in [0.2, 0.25) is 5.88 Å². The zero-order chi connectivity index (χ0) is 13.7. The first-order valence-electron chi connectivity index (χ1n) is 6.18. The minimum atomic E-state index is 0.423. The monoisotopic (exact) mass is 262 g/mol. The number of hydrogen-bond donors (Lipinski definition) is 2. The van der Waals surface area contributed by atoms with Gasteiger partial charge >= 0.3 is 0 Å². The fourth-order valence-corrected chi connectivity index (χ4v) is 1.42. The van der Waals surface area contributed by atoms with Gasteiger partial charge in [0.15, 0.2) is 5.76 Å². The summed E-state index contributed by atoms with van der Waals surface area (Å²) in [7, 11) is 0. The van der Waals surface area contributed by atoms with Crippen molar-refractivity contribution in [3.05, 3.63) is 30.2 Å². The molecule has 19 heavy (non-hydrogen) atoms. The molecule has 0 unspecified atom stereocenters. The van der Waals surface area contributed by atoms with Gasteiger partial charge in [-0.05, 0) is 18.1 Å². The van der Waals surface area contributed by atoms with Crippen molar-refractivity contribution in [2.45, 2.75) is 20.4 Å². The lowest BCUT2D eigenvalue weighted by Crippen LogP contribution is -2.09. The molecule has 0 bridgehead atoms. The summed E-state index contributed by atoms with van der Waals surface area (Å²) in [6.45, 7) is 5.24. The number of nitrogens with two attached hydrogens (primary N) is 1. The van der Waals surface area contributed by atoms with E-state index in [1.807, 2.05) is 0 Å². The summed E-state index contributed by atoms with van der Waals surface area (Å²) in [4.78, 5) is 4.32. The third-order valence-electron chi connectivity index (χ3n) is 2.38. The first kappa shape index (κ1) is 13.2. The van der Waals surface area contributed by atoms with Gasteiger partial charge in [-0.15, -0.1) is 0 Å². The van der Waals surface area contributed by atoms with E-state index >= 15 is 0 Å². The van der Waals surface area contributed by atoms with Gasteiger partial charge in [0.05, 0.1) is 25.0 Å². The zero-order valence-corrected chi connectivity index (χ0v) is 11.1. The van der Waals surface area contributed by atoms with Gasteiger partial charge in [-0.1, -0.05) is 19.0 Å². The molecule has 6 nitrogen and oxygen atoms in total. The predicted molar refractivity (Wildman–Crippen MR) is 72.8 cm³/mol. The summed E-state index contributed by atoms with van der Waals surface area (Å²) in [5.74, 6) is 2.30. The predicted octanol–water partition coefficient (Wildman–Crippen LogP) is 2.30. The fraction of sp³-hybridized carbons (Fsp3) is 0.385. The maximum absolute atomic E-state index is 5.82. The Hall–Kier alpha value is -2.24. The lowest BCUT2D eigenvalue weighted by Gasteiger charge is -2.11. The Kier molecular flexibility index (Phi) is 4.22. The van der Waals surface area contributed by atoms with Gasteiger partial charge in [-0.2, -0.15) is 4.98 Å². The van der Waals surface area contributed by atoms with Crippen LogP contribution in [0.2, 0.25) is 0 Å². The molecule has 0 amide bonds. The Balaban J connectivity index is 1.99. The largest absolute Gasteiger partial charge is 0.476 e. The highest BCUT2D eigenvalue weighted by Gasteiger charge is 2.06. The molecule has 0 aromatic carbocycles. The molecule has 0 spiro atoms. The Morgan fingerprint density at radius 3 is 2.89 bits per heavy atom. The molecule has 0 atom stereocenters. The molecule has 6 heteroatoms. The summed E-state index contributed by atoms with van der Waals surface area (Å²) < 4.78 is 10.6. The van der Waals surface area contributed by atoms with E-state index in [1.54, 1.807) is 24.4 Å². The summed E-state index contributed by atoms with van der Waals surface area (Å²) in [5, 5.41) is 6.76. The molecule has 0 saturated carbocycles. The molecule has 102 valence electrons. The standard InChI is InChI=1S/C13H18N4O2/c1-9(2)8-18-13-11(14)3-4-12(17-13)15-7-10-5-6-16-19-10/h3-6,9H,7-8,14H2,1-2H3,(H,15,17). The third kappa shape index (κ3) is 3.87. The van der Waals surface area contributed by atoms with Crippen molar-refractivity contribution >= 4 is 11.5 Å². The second-order valence-corrected chi connectivity index (χ2v) is 4.63. The highest BCUT2D eigenvalue weighted by Crippen LogP contribution is 2.21. The van der Waals surface area contributed by atoms with Gasteiger partial charge in [-0.25, -0.2) is 0 Å². The summed E-state index contributed by atoms with van der Waals surface area (Å²) in [5.41, 5.74) is 6.36. The topological polar surface area (TPSA) is 86.2 Å². The maximum atomic E-state index is 5.82. The minimum absolute atomic E-state index is 0.423. The van der Waals surface area contributed by atoms with Gasteiger partial charge in [0.25, 0.3) is 0 Å². The van der Waals surface area contributed by atoms with E-state index < -0.39 is 0 Å². The van der Waals surface area contributed by atoms with Crippen LogP contribution in [-0.2, 0) is 6.54 Å². The Morgan fingerprint density at radius 1 is 1.37 bits per heavy atom. The molecule has 0 aliphatic rings. The van der Waals surface area contributed by atoms with E-state index in [0.29, 0.717) is 36.5 Å². The first-order valence-corrected chi connectivity index (χ1v) is 6.18. The average molecular weight is 262 g/mol. The molecule has 0 radical (unpaired) electrons. The van der Waals surface area contributed by atoms with E-state index in [2.05, 4.69) is 29.3 Å². The Bertz CT molecular complexity index is 511. The SMILES string of the molecule is CC(C)COc1nc(NCc2ccno2)ccc1N. The number of anilines is 2. The van der Waals surface area contributed by atoms with E-state index in [9.17, 15) is 0 Å². The molecule has 2 aromatic heterocycles. The highest BCUT2D eigenvalue weighted by atomic mass is 16.5. The lowest BCUT2D eigenvalue weighted by molar-refractivity contribution is 0.263. The van der Waals surface area contributed by atoms with Crippen LogP contribution in [-0.4, -0.2) is 16.7 Å². The van der Waals surface area contributed by atoms with Crippen LogP contribution in [0, 0.1) is 5.92 Å². The van der Waals surface area contributed by atoms with Gasteiger partial charge in [-0.3, -0.25) is 0 Å². The zero-order valence-electron chi connectivity index (χ0n) is 11.1. The molecule has 0 aliphatic heterocycles. The smallest absolute Gasteiger partial charge is 0.239 e. The molecule has 2 aromatic rings. The second kappa shape index (κ2) is 6.08. The van der Waals surface area contributed by atoms with Crippen LogP contribution in [0.4, 0.5) is 11.5 Å². The van der Waals surface area contributed by atoms with Crippen molar-refractivity contribution in [1.82, 2.24) is 10.1 Å². The van der Waals surface area contributed by atoms with Crippen molar-refractivity contribution in [1.29, 1.82) is 0 Å². The van der Waals surface area contributed by atoms with Crippen molar-refractivity contribution in [2.24, 2.45) is 5.92 Å². The molecule has 3 N–H and O–H groups in total. The number of nitrogen functional groups attached to an aromatic ring is 1. The maximum Gasteiger partial charge on any atom is 0.239 e. The molecule has 0 fully saturated rings. The number of ether oxygens (including phenoxy) is 1. The summed E-state index contributed by atoms with van der Waals surface area (Å²) in [6.07, 6.45) is 1.60. The highest BCUT2D eigenvalue weighted by molar-refractivity contribution is 5.53. The molecular weight excluding hydrogens is 244 g/mol. The van der Waals surface area contributed by atoms with Crippen molar-refractivity contribution in [3.8, 4) is 5.88 Å². The molecule has 0 aliphatic carbocycles. The fourth-order valence-electron chi connectivity index (χ4n) is 1.42. The lowest BCUT2D eigenvalue weighted by atomic mass is 10.2. The van der Waals surface area contributed by atoms with Gasteiger partial charge < -0.3 is 20.3 Å². The molecule has 2 rings (SSSR count). The van der Waals surface area contributed by atoms with E-state index in [0.717, 1.165) is 5.76 Å². The van der Waals surface area contributed by atoms with Crippen molar-refractivity contribution < 1.29 is 9.26 Å². The second-order valence-electron chi connectivity index (χ2n) is 4.63. The Labute approximate surface area is 112 Å². The number of nitrogens with zero attached hydrogens (tertiary/aromatic N) is 2. The number of hydrogen-bond acceptors (Lipinski definition) is 6. The minimum Gasteiger partial charge on any atom is -0.476 e. The third-order valence-corrected chi connectivity index (χ3v) is 2.38. The summed E-state index contributed by atoms with van der Waals surface area (Å²) >= 11 is 0. The Morgan fingerprint density at radius 2 is 2.21 bits per heavy atom. The molecule has 0 saturated heterocycles. The van der Waals surface area contributed by atoms with Crippen LogP contribution < -0.4 is 15.8 Å². The summed E-state index contributed by atoms with van der Waals surface area (Å²) in [6, 6.07) is 5.36. The van der Waals surface area contributed by atoms with Crippen molar-refractivity contribution in [2.75, 3.05) is 17.7 Å². The van der Waals surface area contributed by atoms with Crippen molar-refractivity contribution in [3.63, 3.8) is 0 Å². The van der Waals surface area contributed by atoms with E-state index in [1.165, 1.54) is 0 Å². The van der Waals surface area contributed by atoms with Crippen LogP contribution >= 0.6 is 0 Å². The van der Waals surface area contributed by atoms with Crippen LogP contribution in [0.1, 0.15) is 19.6 Å². The van der Waals surface area contributed by atoms with Gasteiger partial charge in [0.1, 0.15) is 5.82 Å². The molecule has 2 heterocycles. The first-order chi connectivity index (χ1) is 9.15. The van der Waals surface area contributed by atoms with Crippen LogP contribution in [0.3, 0.4) is 0 Å². The van der Waals surface area contributed by atoms with Crippen LogP contribution in [0.25, 0.3) is 0 Å². The van der Waals surface area contributed by atoms with E-state index in [-0.39, 0.29) is 0 Å². The number of pyridine rings is 1. The molecular formula is C13H18N4O2. The quantitative estimate of drug-likeness (QED) is 0.830. The number of rotatable bonds is 6. The number of aromatic nitrogens is 2. The van der Waals surface area contributed by atoms with Crippen LogP contribution in [0.5, 0.6) is 5.88 Å². The van der Waals surface area contributed by atoms with Crippen LogP contribution in [0.15, 0.2) is 28.9 Å². The van der Waals surface area contributed by atoms with E-state index in [4.69, 9.17) is 15.0 Å². The number of nitrogens with one attached hydrogen (secondary N) is 1. The average Bonchev–Trinajstić information content (AvgIpc) is 2.89.